The van der Waals surface area contributed by atoms with E-state index in [4.69, 9.17) is 14.7 Å². The molecule has 0 amide bonds. The van der Waals surface area contributed by atoms with Crippen LogP contribution in [0.5, 0.6) is 0 Å². The third-order valence-corrected chi connectivity index (χ3v) is 6.53. The van der Waals surface area contributed by atoms with Gasteiger partial charge in [-0.1, -0.05) is 29.8 Å². The number of ether oxygens (including phenoxy) is 1. The van der Waals surface area contributed by atoms with Crippen LogP contribution in [0.2, 0.25) is 0 Å². The van der Waals surface area contributed by atoms with Crippen molar-refractivity contribution in [3.8, 4) is 0 Å². The molecular weight excluding hydrogens is 368 g/mol. The van der Waals surface area contributed by atoms with Gasteiger partial charge in [0.25, 0.3) is 0 Å². The van der Waals surface area contributed by atoms with Gasteiger partial charge in [-0.25, -0.2) is 9.97 Å². The molecule has 0 unspecified atom stereocenters. The average Bonchev–Trinajstić information content (AvgIpc) is 2.97. The molecule has 0 aliphatic carbocycles. The van der Waals surface area contributed by atoms with Crippen molar-refractivity contribution in [3.63, 3.8) is 0 Å². The summed E-state index contributed by atoms with van der Waals surface area (Å²) >= 11 is 1.77. The van der Waals surface area contributed by atoms with Crippen molar-refractivity contribution in [1.29, 1.82) is 0 Å². The van der Waals surface area contributed by atoms with Gasteiger partial charge in [0.2, 0.25) is 0 Å². The third-order valence-electron chi connectivity index (χ3n) is 5.43. The maximum Gasteiger partial charge on any atom is 0.146 e. The van der Waals surface area contributed by atoms with E-state index in [2.05, 4.69) is 61.9 Å². The highest BCUT2D eigenvalue weighted by Gasteiger charge is 2.19. The summed E-state index contributed by atoms with van der Waals surface area (Å²) < 4.78 is 5.47. The molecule has 5 nitrogen and oxygen atoms in total. The minimum atomic E-state index is 0.778. The Hall–Kier alpha value is -2.02. The van der Waals surface area contributed by atoms with Gasteiger partial charge in [-0.05, 0) is 31.9 Å². The molecule has 28 heavy (non-hydrogen) atoms. The van der Waals surface area contributed by atoms with E-state index in [1.807, 2.05) is 0 Å². The number of aryl methyl sites for hydroxylation is 3. The predicted molar refractivity (Wildman–Crippen MR) is 116 cm³/mol. The van der Waals surface area contributed by atoms with E-state index in [0.717, 1.165) is 55.9 Å². The summed E-state index contributed by atoms with van der Waals surface area (Å²) in [7, 11) is 2.13. The van der Waals surface area contributed by atoms with Gasteiger partial charge >= 0.3 is 0 Å². The van der Waals surface area contributed by atoms with Gasteiger partial charge in [0.15, 0.2) is 0 Å². The van der Waals surface area contributed by atoms with Crippen molar-refractivity contribution in [2.24, 2.45) is 0 Å². The van der Waals surface area contributed by atoms with Gasteiger partial charge in [-0.2, -0.15) is 0 Å². The SMILES string of the molecule is Cc1ccc(CN(C)c2nc(CN3CCOCC3)nc3sc(C)c(C)c23)cc1. The van der Waals surface area contributed by atoms with Crippen LogP contribution in [0.25, 0.3) is 10.2 Å². The summed E-state index contributed by atoms with van der Waals surface area (Å²) in [5.41, 5.74) is 3.87. The topological polar surface area (TPSA) is 41.5 Å². The van der Waals surface area contributed by atoms with E-state index in [1.54, 1.807) is 11.3 Å². The van der Waals surface area contributed by atoms with Gasteiger partial charge < -0.3 is 9.64 Å². The van der Waals surface area contributed by atoms with Gasteiger partial charge in [0.05, 0.1) is 25.1 Å². The van der Waals surface area contributed by atoms with Gasteiger partial charge in [0.1, 0.15) is 16.5 Å². The maximum atomic E-state index is 5.47. The highest BCUT2D eigenvalue weighted by atomic mass is 32.1. The van der Waals surface area contributed by atoms with Gasteiger partial charge in [0, 0.05) is 31.6 Å². The number of aromatic nitrogens is 2. The Labute approximate surface area is 171 Å². The van der Waals surface area contributed by atoms with E-state index in [1.165, 1.54) is 27.0 Å². The van der Waals surface area contributed by atoms with Crippen LogP contribution >= 0.6 is 11.3 Å². The van der Waals surface area contributed by atoms with E-state index >= 15 is 0 Å². The number of morpholine rings is 1. The molecule has 1 saturated heterocycles. The highest BCUT2D eigenvalue weighted by molar-refractivity contribution is 7.18. The molecule has 1 aliphatic rings. The minimum absolute atomic E-state index is 0.778. The van der Waals surface area contributed by atoms with Gasteiger partial charge in [-0.15, -0.1) is 11.3 Å². The molecule has 0 bridgehead atoms. The Morgan fingerprint density at radius 2 is 1.79 bits per heavy atom. The normalized spacial score (nSPS) is 15.3. The molecule has 6 heteroatoms. The lowest BCUT2D eigenvalue weighted by Gasteiger charge is -2.26. The zero-order chi connectivity index (χ0) is 19.7. The summed E-state index contributed by atoms with van der Waals surface area (Å²) in [6.07, 6.45) is 0. The first kappa shape index (κ1) is 19.3. The zero-order valence-corrected chi connectivity index (χ0v) is 18.0. The molecule has 0 spiro atoms. The molecule has 0 saturated carbocycles. The van der Waals surface area contributed by atoms with E-state index in [-0.39, 0.29) is 0 Å². The summed E-state index contributed by atoms with van der Waals surface area (Å²) in [5.74, 6) is 1.94. The van der Waals surface area contributed by atoms with Gasteiger partial charge in [-0.3, -0.25) is 4.90 Å². The predicted octanol–water partition coefficient (Wildman–Crippen LogP) is 4.09. The van der Waals surface area contributed by atoms with Crippen LogP contribution in [-0.4, -0.2) is 48.2 Å². The van der Waals surface area contributed by atoms with Crippen LogP contribution in [0, 0.1) is 20.8 Å². The number of anilines is 1. The molecule has 0 atom stereocenters. The lowest BCUT2D eigenvalue weighted by Crippen LogP contribution is -2.36. The minimum Gasteiger partial charge on any atom is -0.379 e. The Balaban J connectivity index is 1.68. The van der Waals surface area contributed by atoms with E-state index in [0.29, 0.717) is 0 Å². The lowest BCUT2D eigenvalue weighted by molar-refractivity contribution is 0.0331. The smallest absolute Gasteiger partial charge is 0.146 e. The number of thiophene rings is 1. The molecule has 1 aliphatic heterocycles. The summed E-state index contributed by atoms with van der Waals surface area (Å²) in [5, 5.41) is 1.20. The van der Waals surface area contributed by atoms with Crippen molar-refractivity contribution in [3.05, 3.63) is 51.7 Å². The number of nitrogens with zero attached hydrogens (tertiary/aromatic N) is 4. The van der Waals surface area contributed by atoms with Crippen LogP contribution in [0.15, 0.2) is 24.3 Å². The van der Waals surface area contributed by atoms with Crippen molar-refractivity contribution in [1.82, 2.24) is 14.9 Å². The fourth-order valence-corrected chi connectivity index (χ4v) is 4.66. The number of fused-ring (bicyclic) bond motifs is 1. The molecule has 3 aromatic rings. The third kappa shape index (κ3) is 4.04. The molecule has 148 valence electrons. The Morgan fingerprint density at radius 1 is 1.07 bits per heavy atom. The molecule has 0 radical (unpaired) electrons. The lowest BCUT2D eigenvalue weighted by atomic mass is 10.1. The zero-order valence-electron chi connectivity index (χ0n) is 17.2. The van der Waals surface area contributed by atoms with Crippen LogP contribution in [-0.2, 0) is 17.8 Å². The standard InChI is InChI=1S/C22H28N4OS/c1-15-5-7-18(8-6-15)13-25(4)21-20-16(2)17(3)28-22(20)24-19(23-21)14-26-9-11-27-12-10-26/h5-8H,9-14H2,1-4H3. The number of hydrogen-bond acceptors (Lipinski definition) is 6. The number of benzene rings is 1. The number of rotatable bonds is 5. The second-order valence-electron chi connectivity index (χ2n) is 7.66. The summed E-state index contributed by atoms with van der Waals surface area (Å²) in [6.45, 7) is 11.6. The van der Waals surface area contributed by atoms with Crippen LogP contribution in [0.4, 0.5) is 5.82 Å². The summed E-state index contributed by atoms with van der Waals surface area (Å²) in [4.78, 5) is 17.0. The first-order valence-corrected chi connectivity index (χ1v) is 10.7. The Morgan fingerprint density at radius 3 is 2.50 bits per heavy atom. The molecule has 1 aromatic carbocycles. The molecule has 0 N–H and O–H groups in total. The first-order chi connectivity index (χ1) is 13.5. The van der Waals surface area contributed by atoms with Crippen LogP contribution < -0.4 is 4.90 Å². The quantitative estimate of drug-likeness (QED) is 0.650. The largest absolute Gasteiger partial charge is 0.379 e. The fourth-order valence-electron chi connectivity index (χ4n) is 3.62. The molecule has 1 fully saturated rings. The Bertz CT molecular complexity index is 961. The number of hydrogen-bond donors (Lipinski definition) is 0. The molecule has 3 heterocycles. The van der Waals surface area contributed by atoms with Crippen molar-refractivity contribution < 1.29 is 4.74 Å². The van der Waals surface area contributed by atoms with Crippen LogP contribution in [0.1, 0.15) is 27.4 Å². The summed E-state index contributed by atoms with van der Waals surface area (Å²) in [6, 6.07) is 8.74. The van der Waals surface area contributed by atoms with E-state index < -0.39 is 0 Å². The fraction of sp³-hybridized carbons (Fsp3) is 0.455. The second-order valence-corrected chi connectivity index (χ2v) is 8.86. The van der Waals surface area contributed by atoms with Crippen molar-refractivity contribution >= 4 is 27.4 Å². The van der Waals surface area contributed by atoms with Crippen molar-refractivity contribution in [2.45, 2.75) is 33.9 Å². The van der Waals surface area contributed by atoms with Crippen molar-refractivity contribution in [2.75, 3.05) is 38.3 Å². The van der Waals surface area contributed by atoms with Crippen LogP contribution in [0.3, 0.4) is 0 Å². The average molecular weight is 397 g/mol. The second kappa shape index (κ2) is 8.15. The van der Waals surface area contributed by atoms with E-state index in [9.17, 15) is 0 Å². The Kier molecular flexibility index (Phi) is 5.62. The highest BCUT2D eigenvalue weighted by Crippen LogP contribution is 2.35. The maximum absolute atomic E-state index is 5.47. The molecule has 2 aromatic heterocycles. The molecule has 4 rings (SSSR count). The molecular formula is C22H28N4OS. The first-order valence-electron chi connectivity index (χ1n) is 9.84. The monoisotopic (exact) mass is 396 g/mol.